The summed E-state index contributed by atoms with van der Waals surface area (Å²) >= 11 is 0. The van der Waals surface area contributed by atoms with Crippen molar-refractivity contribution >= 4 is 24.8 Å². The number of halogens is 2. The lowest BCUT2D eigenvalue weighted by Crippen LogP contribution is -2.32. The first-order valence-corrected chi connectivity index (χ1v) is 6.32. The summed E-state index contributed by atoms with van der Waals surface area (Å²) in [5.41, 5.74) is 6.99. The van der Waals surface area contributed by atoms with Crippen LogP contribution in [0.25, 0.3) is 0 Å². The predicted molar refractivity (Wildman–Crippen MR) is 87.5 cm³/mol. The van der Waals surface area contributed by atoms with E-state index in [1.165, 1.54) is 5.56 Å². The second-order valence-electron chi connectivity index (χ2n) is 4.32. The fraction of sp³-hybridized carbons (Fsp3) is 0.357. The number of hydrogen-bond donors (Lipinski definition) is 1. The van der Waals surface area contributed by atoms with Crippen LogP contribution >= 0.6 is 24.8 Å². The molecule has 0 amide bonds. The highest BCUT2D eigenvalue weighted by molar-refractivity contribution is 5.85. The summed E-state index contributed by atoms with van der Waals surface area (Å²) in [5.74, 6) is 0. The van der Waals surface area contributed by atoms with Crippen LogP contribution in [0, 0.1) is 0 Å². The molecule has 4 nitrogen and oxygen atoms in total. The summed E-state index contributed by atoms with van der Waals surface area (Å²) in [5, 5.41) is 4.21. The molecule has 112 valence electrons. The highest BCUT2D eigenvalue weighted by Crippen LogP contribution is 2.04. The lowest BCUT2D eigenvalue weighted by Gasteiger charge is -2.21. The molecule has 0 bridgehead atoms. The monoisotopic (exact) mass is 316 g/mol. The predicted octanol–water partition coefficient (Wildman–Crippen LogP) is 2.19. The van der Waals surface area contributed by atoms with Crippen LogP contribution in [0.4, 0.5) is 0 Å². The number of aromatic nitrogens is 2. The van der Waals surface area contributed by atoms with Gasteiger partial charge in [0.1, 0.15) is 0 Å². The molecule has 1 heterocycles. The first kappa shape index (κ1) is 18.9. The van der Waals surface area contributed by atoms with Gasteiger partial charge in [-0.3, -0.25) is 9.58 Å². The molecule has 2 rings (SSSR count). The van der Waals surface area contributed by atoms with Gasteiger partial charge in [0.05, 0.1) is 6.54 Å². The first-order chi connectivity index (χ1) is 8.88. The van der Waals surface area contributed by atoms with Crippen LogP contribution in [-0.4, -0.2) is 34.3 Å². The van der Waals surface area contributed by atoms with E-state index in [1.54, 1.807) is 0 Å². The van der Waals surface area contributed by atoms with E-state index < -0.39 is 0 Å². The quantitative estimate of drug-likeness (QED) is 0.851. The van der Waals surface area contributed by atoms with E-state index in [1.807, 2.05) is 29.2 Å². The maximum atomic E-state index is 5.67. The van der Waals surface area contributed by atoms with E-state index in [0.29, 0.717) is 6.54 Å². The van der Waals surface area contributed by atoms with E-state index in [4.69, 9.17) is 5.73 Å². The number of nitrogens with zero attached hydrogens (tertiary/aromatic N) is 3. The largest absolute Gasteiger partial charge is 0.329 e. The molecule has 20 heavy (non-hydrogen) atoms. The Morgan fingerprint density at radius 3 is 2.40 bits per heavy atom. The molecular weight excluding hydrogens is 295 g/mol. The van der Waals surface area contributed by atoms with Crippen molar-refractivity contribution in [2.24, 2.45) is 5.73 Å². The van der Waals surface area contributed by atoms with Crippen molar-refractivity contribution < 1.29 is 0 Å². The Balaban J connectivity index is 0.00000180. The van der Waals surface area contributed by atoms with Gasteiger partial charge in [0.25, 0.3) is 0 Å². The minimum absolute atomic E-state index is 0. The highest BCUT2D eigenvalue weighted by atomic mass is 35.5. The van der Waals surface area contributed by atoms with Crippen LogP contribution < -0.4 is 5.73 Å². The Kier molecular flexibility index (Phi) is 10.1. The van der Waals surface area contributed by atoms with Gasteiger partial charge in [-0.25, -0.2) is 0 Å². The molecule has 0 unspecified atom stereocenters. The minimum atomic E-state index is 0. The van der Waals surface area contributed by atoms with Gasteiger partial charge in [-0.05, 0) is 11.6 Å². The van der Waals surface area contributed by atoms with Gasteiger partial charge < -0.3 is 5.73 Å². The smallest absolute Gasteiger partial charge is 0.0536 e. The van der Waals surface area contributed by atoms with E-state index in [9.17, 15) is 0 Å². The average molecular weight is 317 g/mol. The zero-order valence-corrected chi connectivity index (χ0v) is 13.0. The molecule has 0 aliphatic heterocycles. The standard InChI is InChI=1S/C14H20N4.2ClH/c15-7-10-17(11-12-18-9-4-8-16-18)13-14-5-2-1-3-6-14;;/h1-6,8-9H,7,10-13,15H2;2*1H. The maximum Gasteiger partial charge on any atom is 0.0536 e. The Labute approximate surface area is 132 Å². The zero-order valence-electron chi connectivity index (χ0n) is 11.4. The highest BCUT2D eigenvalue weighted by Gasteiger charge is 2.05. The minimum Gasteiger partial charge on any atom is -0.329 e. The van der Waals surface area contributed by atoms with Gasteiger partial charge in [0.2, 0.25) is 0 Å². The van der Waals surface area contributed by atoms with Crippen LogP contribution in [-0.2, 0) is 13.1 Å². The molecule has 0 fully saturated rings. The second kappa shape index (κ2) is 10.7. The Bertz CT molecular complexity index is 434. The number of nitrogens with two attached hydrogens (primary N) is 1. The molecule has 0 saturated heterocycles. The van der Waals surface area contributed by atoms with Crippen molar-refractivity contribution in [1.82, 2.24) is 14.7 Å². The SMILES string of the molecule is Cl.Cl.NCCN(CCn1cccn1)Cc1ccccc1. The summed E-state index contributed by atoms with van der Waals surface area (Å²) in [4.78, 5) is 2.36. The fourth-order valence-electron chi connectivity index (χ4n) is 1.97. The van der Waals surface area contributed by atoms with Crippen molar-refractivity contribution in [3.05, 3.63) is 54.4 Å². The van der Waals surface area contributed by atoms with Gasteiger partial charge in [-0.15, -0.1) is 24.8 Å². The van der Waals surface area contributed by atoms with E-state index in [0.717, 1.165) is 26.2 Å². The fourth-order valence-corrected chi connectivity index (χ4v) is 1.97. The molecule has 0 spiro atoms. The van der Waals surface area contributed by atoms with Gasteiger partial charge in [0, 0.05) is 38.6 Å². The van der Waals surface area contributed by atoms with Crippen molar-refractivity contribution in [3.8, 4) is 0 Å². The van der Waals surface area contributed by atoms with Gasteiger partial charge in [0.15, 0.2) is 0 Å². The van der Waals surface area contributed by atoms with Crippen molar-refractivity contribution in [2.45, 2.75) is 13.1 Å². The molecular formula is C14H22Cl2N4. The summed E-state index contributed by atoms with van der Waals surface area (Å²) in [7, 11) is 0. The zero-order chi connectivity index (χ0) is 12.6. The van der Waals surface area contributed by atoms with Crippen molar-refractivity contribution in [1.29, 1.82) is 0 Å². The topological polar surface area (TPSA) is 47.1 Å². The molecule has 0 aliphatic rings. The molecule has 0 radical (unpaired) electrons. The van der Waals surface area contributed by atoms with Crippen LogP contribution in [0.3, 0.4) is 0 Å². The van der Waals surface area contributed by atoms with E-state index in [2.05, 4.69) is 34.3 Å². The Morgan fingerprint density at radius 1 is 1.05 bits per heavy atom. The summed E-state index contributed by atoms with van der Waals surface area (Å²) in [6.07, 6.45) is 3.80. The molecule has 0 atom stereocenters. The molecule has 2 aromatic rings. The third kappa shape index (κ3) is 6.39. The van der Waals surface area contributed by atoms with Gasteiger partial charge in [-0.1, -0.05) is 30.3 Å². The van der Waals surface area contributed by atoms with Crippen LogP contribution in [0.1, 0.15) is 5.56 Å². The van der Waals surface area contributed by atoms with Crippen LogP contribution in [0.5, 0.6) is 0 Å². The van der Waals surface area contributed by atoms with Gasteiger partial charge in [-0.2, -0.15) is 5.10 Å². The normalized spacial score (nSPS) is 9.90. The molecule has 1 aromatic heterocycles. The van der Waals surface area contributed by atoms with Crippen molar-refractivity contribution in [2.75, 3.05) is 19.6 Å². The number of rotatable bonds is 7. The van der Waals surface area contributed by atoms with E-state index in [-0.39, 0.29) is 24.8 Å². The average Bonchev–Trinajstić information content (AvgIpc) is 2.91. The number of hydrogen-bond acceptors (Lipinski definition) is 3. The first-order valence-electron chi connectivity index (χ1n) is 6.32. The maximum absolute atomic E-state index is 5.67. The second-order valence-corrected chi connectivity index (χ2v) is 4.32. The summed E-state index contributed by atoms with van der Waals surface area (Å²) in [6, 6.07) is 12.4. The summed E-state index contributed by atoms with van der Waals surface area (Å²) in [6.45, 7) is 4.41. The third-order valence-electron chi connectivity index (χ3n) is 2.90. The van der Waals surface area contributed by atoms with Gasteiger partial charge >= 0.3 is 0 Å². The molecule has 2 N–H and O–H groups in total. The van der Waals surface area contributed by atoms with Crippen LogP contribution in [0.2, 0.25) is 0 Å². The third-order valence-corrected chi connectivity index (χ3v) is 2.90. The number of benzene rings is 1. The summed E-state index contributed by atoms with van der Waals surface area (Å²) < 4.78 is 1.95. The Morgan fingerprint density at radius 2 is 1.80 bits per heavy atom. The van der Waals surface area contributed by atoms with E-state index >= 15 is 0 Å². The van der Waals surface area contributed by atoms with Crippen molar-refractivity contribution in [3.63, 3.8) is 0 Å². The Hall–Kier alpha value is -1.07. The lowest BCUT2D eigenvalue weighted by molar-refractivity contribution is 0.257. The molecule has 6 heteroatoms. The van der Waals surface area contributed by atoms with Crippen LogP contribution in [0.15, 0.2) is 48.8 Å². The lowest BCUT2D eigenvalue weighted by atomic mass is 10.2. The molecule has 1 aromatic carbocycles. The molecule has 0 aliphatic carbocycles. The molecule has 0 saturated carbocycles.